The summed E-state index contributed by atoms with van der Waals surface area (Å²) in [6, 6.07) is 12.5. The summed E-state index contributed by atoms with van der Waals surface area (Å²) < 4.78 is 6.90. The van der Waals surface area contributed by atoms with E-state index in [2.05, 4.69) is 15.4 Å². The Hall–Kier alpha value is -4.21. The number of aromatic nitrogens is 3. The van der Waals surface area contributed by atoms with E-state index < -0.39 is 16.9 Å². The number of methoxy groups -OCH3 is 1. The summed E-state index contributed by atoms with van der Waals surface area (Å²) in [5.41, 5.74) is 7.47. The highest BCUT2D eigenvalue weighted by atomic mass is 16.6. The van der Waals surface area contributed by atoms with E-state index in [1.54, 1.807) is 32.2 Å². The molecule has 1 aliphatic rings. The smallest absolute Gasteiger partial charge is 0.269 e. The zero-order valence-electron chi connectivity index (χ0n) is 16.2. The molecule has 1 amide bonds. The molecule has 1 atom stereocenters. The van der Waals surface area contributed by atoms with Crippen molar-refractivity contribution in [2.24, 2.45) is 5.73 Å². The number of rotatable bonds is 5. The monoisotopic (exact) mass is 406 g/mol. The number of nitro benzene ring substituents is 1. The summed E-state index contributed by atoms with van der Waals surface area (Å²) in [7, 11) is 1.55. The molecule has 0 fully saturated rings. The van der Waals surface area contributed by atoms with Crippen LogP contribution in [-0.4, -0.2) is 32.7 Å². The number of benzene rings is 2. The van der Waals surface area contributed by atoms with Crippen molar-refractivity contribution in [2.45, 2.75) is 13.0 Å². The number of carbonyl (C=O) groups is 1. The van der Waals surface area contributed by atoms with E-state index in [0.717, 1.165) is 0 Å². The second-order valence-electron chi connectivity index (χ2n) is 6.69. The maximum Gasteiger partial charge on any atom is 0.269 e. The van der Waals surface area contributed by atoms with Crippen LogP contribution in [-0.2, 0) is 4.79 Å². The van der Waals surface area contributed by atoms with Gasteiger partial charge in [-0.2, -0.15) is 4.98 Å². The van der Waals surface area contributed by atoms with Gasteiger partial charge in [0.2, 0.25) is 11.9 Å². The molecule has 3 aromatic rings. The molecule has 1 unspecified atom stereocenters. The zero-order valence-corrected chi connectivity index (χ0v) is 16.2. The number of nitro groups is 1. The van der Waals surface area contributed by atoms with Crippen molar-refractivity contribution < 1.29 is 14.5 Å². The molecule has 0 bridgehead atoms. The van der Waals surface area contributed by atoms with Crippen LogP contribution in [0.2, 0.25) is 0 Å². The average molecular weight is 406 g/mol. The van der Waals surface area contributed by atoms with Gasteiger partial charge in [-0.15, -0.1) is 5.10 Å². The molecule has 0 spiro atoms. The van der Waals surface area contributed by atoms with E-state index in [0.29, 0.717) is 34.3 Å². The van der Waals surface area contributed by atoms with Crippen molar-refractivity contribution in [1.82, 2.24) is 14.8 Å². The van der Waals surface area contributed by atoms with Crippen LogP contribution in [0.1, 0.15) is 18.5 Å². The number of non-ortho nitro benzene ring substituents is 1. The number of para-hydroxylation sites is 1. The average Bonchev–Trinajstić information content (AvgIpc) is 3.15. The first-order valence-electron chi connectivity index (χ1n) is 9.02. The van der Waals surface area contributed by atoms with Crippen molar-refractivity contribution in [3.8, 4) is 17.1 Å². The Balaban J connectivity index is 1.91. The van der Waals surface area contributed by atoms with Crippen LogP contribution in [0.5, 0.6) is 5.75 Å². The molecule has 152 valence electrons. The van der Waals surface area contributed by atoms with Crippen LogP contribution in [0.4, 0.5) is 11.6 Å². The lowest BCUT2D eigenvalue weighted by molar-refractivity contribution is -0.384. The summed E-state index contributed by atoms with van der Waals surface area (Å²) >= 11 is 0. The highest BCUT2D eigenvalue weighted by Crippen LogP contribution is 2.38. The highest BCUT2D eigenvalue weighted by molar-refractivity contribution is 5.95. The number of allylic oxidation sites excluding steroid dienone is 1. The largest absolute Gasteiger partial charge is 0.496 e. The quantitative estimate of drug-likeness (QED) is 0.490. The minimum Gasteiger partial charge on any atom is -0.496 e. The maximum absolute atomic E-state index is 12.3. The number of amides is 1. The molecule has 30 heavy (non-hydrogen) atoms. The summed E-state index contributed by atoms with van der Waals surface area (Å²) in [5.74, 6) is 0.697. The third-order valence-corrected chi connectivity index (χ3v) is 4.86. The number of ether oxygens (including phenoxy) is 1. The number of nitrogens with zero attached hydrogens (tertiary/aromatic N) is 4. The number of anilines is 1. The molecule has 4 rings (SSSR count). The molecular formula is C20H18N6O4. The Morgan fingerprint density at radius 2 is 2.03 bits per heavy atom. The fraction of sp³-hybridized carbons (Fsp3) is 0.150. The van der Waals surface area contributed by atoms with Crippen LogP contribution in [0, 0.1) is 10.1 Å². The molecule has 0 saturated carbocycles. The first-order chi connectivity index (χ1) is 14.4. The van der Waals surface area contributed by atoms with Gasteiger partial charge >= 0.3 is 0 Å². The Morgan fingerprint density at radius 1 is 1.27 bits per heavy atom. The Morgan fingerprint density at radius 3 is 2.73 bits per heavy atom. The standard InChI is InChI=1S/C20H18N6O4/c1-11-16(18(21)27)17(12-6-5-7-13(10-12)26(28)29)25-20(22-11)23-19(24-25)14-8-3-4-9-15(14)30-2/h3-10,17H,1-2H3,(H2,21,27)(H,22,23,24). The van der Waals surface area contributed by atoms with E-state index in [1.165, 1.54) is 16.8 Å². The van der Waals surface area contributed by atoms with Crippen molar-refractivity contribution in [3.63, 3.8) is 0 Å². The first kappa shape index (κ1) is 19.1. The number of nitrogens with one attached hydrogen (secondary N) is 1. The van der Waals surface area contributed by atoms with Crippen molar-refractivity contribution in [2.75, 3.05) is 12.4 Å². The van der Waals surface area contributed by atoms with Crippen LogP contribution < -0.4 is 15.8 Å². The Kier molecular flexibility index (Phi) is 4.66. The van der Waals surface area contributed by atoms with E-state index in [4.69, 9.17) is 10.5 Å². The predicted octanol–water partition coefficient (Wildman–Crippen LogP) is 2.64. The normalized spacial score (nSPS) is 15.3. The summed E-state index contributed by atoms with van der Waals surface area (Å²) in [5, 5.41) is 18.9. The Labute approximate surface area is 171 Å². The van der Waals surface area contributed by atoms with Gasteiger partial charge in [-0.25, -0.2) is 4.68 Å². The lowest BCUT2D eigenvalue weighted by atomic mass is 9.95. The van der Waals surface area contributed by atoms with Gasteiger partial charge in [0.15, 0.2) is 5.82 Å². The van der Waals surface area contributed by atoms with E-state index in [-0.39, 0.29) is 11.3 Å². The number of fused-ring (bicyclic) bond motifs is 1. The molecule has 2 aromatic carbocycles. The second kappa shape index (κ2) is 7.32. The third kappa shape index (κ3) is 3.13. The maximum atomic E-state index is 12.3. The fourth-order valence-corrected chi connectivity index (χ4v) is 3.53. The SMILES string of the molecule is COc1ccccc1-c1nc2n(n1)C(c1cccc([N+](=O)[O-])c1)C(C(N)=O)=C(C)N2. The number of carbonyl (C=O) groups excluding carboxylic acids is 1. The van der Waals surface area contributed by atoms with Gasteiger partial charge in [-0.05, 0) is 24.6 Å². The predicted molar refractivity (Wildman–Crippen MR) is 109 cm³/mol. The third-order valence-electron chi connectivity index (χ3n) is 4.86. The number of nitrogens with two attached hydrogens (primary N) is 1. The van der Waals surface area contributed by atoms with E-state index in [9.17, 15) is 14.9 Å². The molecule has 1 aliphatic heterocycles. The minimum absolute atomic E-state index is 0.0980. The van der Waals surface area contributed by atoms with Crippen LogP contribution in [0.25, 0.3) is 11.4 Å². The molecule has 0 saturated heterocycles. The van der Waals surface area contributed by atoms with Crippen molar-refractivity contribution in [1.29, 1.82) is 0 Å². The van der Waals surface area contributed by atoms with Gasteiger partial charge in [0.25, 0.3) is 5.69 Å². The zero-order chi connectivity index (χ0) is 21.4. The van der Waals surface area contributed by atoms with Gasteiger partial charge < -0.3 is 15.8 Å². The summed E-state index contributed by atoms with van der Waals surface area (Å²) in [4.78, 5) is 27.6. The number of primary amides is 1. The van der Waals surface area contributed by atoms with Gasteiger partial charge in [0, 0.05) is 17.8 Å². The summed E-state index contributed by atoms with van der Waals surface area (Å²) in [6.45, 7) is 1.70. The molecule has 0 radical (unpaired) electrons. The topological polar surface area (TPSA) is 138 Å². The van der Waals surface area contributed by atoms with Crippen LogP contribution in [0.3, 0.4) is 0 Å². The van der Waals surface area contributed by atoms with Crippen LogP contribution in [0.15, 0.2) is 59.8 Å². The van der Waals surface area contributed by atoms with Gasteiger partial charge in [0.05, 0.1) is 23.2 Å². The van der Waals surface area contributed by atoms with Gasteiger partial charge in [-0.3, -0.25) is 14.9 Å². The fourth-order valence-electron chi connectivity index (χ4n) is 3.53. The number of hydrogen-bond donors (Lipinski definition) is 2. The molecule has 10 heteroatoms. The molecule has 10 nitrogen and oxygen atoms in total. The Bertz CT molecular complexity index is 1200. The molecular weight excluding hydrogens is 388 g/mol. The van der Waals surface area contributed by atoms with Crippen molar-refractivity contribution >= 4 is 17.5 Å². The van der Waals surface area contributed by atoms with Gasteiger partial charge in [0.1, 0.15) is 11.8 Å². The second-order valence-corrected chi connectivity index (χ2v) is 6.69. The van der Waals surface area contributed by atoms with E-state index in [1.807, 2.05) is 18.2 Å². The first-order valence-corrected chi connectivity index (χ1v) is 9.02. The highest BCUT2D eigenvalue weighted by Gasteiger charge is 2.34. The molecule has 0 aliphatic carbocycles. The van der Waals surface area contributed by atoms with Crippen molar-refractivity contribution in [3.05, 3.63) is 75.5 Å². The summed E-state index contributed by atoms with van der Waals surface area (Å²) in [6.07, 6.45) is 0. The molecule has 1 aromatic heterocycles. The lowest BCUT2D eigenvalue weighted by Crippen LogP contribution is -2.31. The molecule has 3 N–H and O–H groups in total. The molecule has 2 heterocycles. The minimum atomic E-state index is -0.769. The lowest BCUT2D eigenvalue weighted by Gasteiger charge is -2.27. The van der Waals surface area contributed by atoms with Crippen LogP contribution >= 0.6 is 0 Å². The van der Waals surface area contributed by atoms with Gasteiger partial charge in [-0.1, -0.05) is 24.3 Å². The number of hydrogen-bond acceptors (Lipinski definition) is 7. The van der Waals surface area contributed by atoms with E-state index >= 15 is 0 Å².